The van der Waals surface area contributed by atoms with Crippen LogP contribution in [-0.4, -0.2) is 12.2 Å². The van der Waals surface area contributed by atoms with Crippen molar-refractivity contribution in [2.24, 2.45) is 5.73 Å². The lowest BCUT2D eigenvalue weighted by Gasteiger charge is -2.28. The lowest BCUT2D eigenvalue weighted by atomic mass is 9.94. The van der Waals surface area contributed by atoms with Gasteiger partial charge in [0.05, 0.1) is 6.17 Å². The van der Waals surface area contributed by atoms with Gasteiger partial charge in [-0.2, -0.15) is 0 Å². The van der Waals surface area contributed by atoms with Crippen molar-refractivity contribution in [3.8, 4) is 0 Å². The SMILES string of the molecule is NC(NC1CC=CCC1)C1=CCC1. The first-order valence-electron chi connectivity index (χ1n) is 5.22. The van der Waals surface area contributed by atoms with Crippen LogP contribution in [0.3, 0.4) is 0 Å². The molecule has 0 aromatic carbocycles. The van der Waals surface area contributed by atoms with Gasteiger partial charge in [0.2, 0.25) is 0 Å². The van der Waals surface area contributed by atoms with E-state index in [1.165, 1.54) is 31.3 Å². The molecule has 0 bridgehead atoms. The van der Waals surface area contributed by atoms with Gasteiger partial charge in [0.25, 0.3) is 0 Å². The summed E-state index contributed by atoms with van der Waals surface area (Å²) in [7, 11) is 0. The number of nitrogens with two attached hydrogens (primary N) is 1. The van der Waals surface area contributed by atoms with Gasteiger partial charge < -0.3 is 5.73 Å². The van der Waals surface area contributed by atoms with Gasteiger partial charge in [-0.15, -0.1) is 0 Å². The highest BCUT2D eigenvalue weighted by atomic mass is 15.1. The molecule has 2 rings (SSSR count). The number of hydrogen-bond donors (Lipinski definition) is 2. The van der Waals surface area contributed by atoms with E-state index < -0.39 is 0 Å². The minimum atomic E-state index is 0.116. The Kier molecular flexibility index (Phi) is 2.81. The first kappa shape index (κ1) is 8.97. The molecule has 0 heterocycles. The van der Waals surface area contributed by atoms with Crippen LogP contribution in [0.5, 0.6) is 0 Å². The molecule has 0 saturated carbocycles. The maximum Gasteiger partial charge on any atom is 0.0771 e. The second-order valence-electron chi connectivity index (χ2n) is 3.94. The summed E-state index contributed by atoms with van der Waals surface area (Å²) in [6.45, 7) is 0. The van der Waals surface area contributed by atoms with Gasteiger partial charge in [0.1, 0.15) is 0 Å². The van der Waals surface area contributed by atoms with Crippen LogP contribution in [0.4, 0.5) is 0 Å². The molecule has 2 heteroatoms. The quantitative estimate of drug-likeness (QED) is 0.510. The van der Waals surface area contributed by atoms with Crippen LogP contribution >= 0.6 is 0 Å². The Morgan fingerprint density at radius 3 is 2.77 bits per heavy atom. The second-order valence-corrected chi connectivity index (χ2v) is 3.94. The van der Waals surface area contributed by atoms with Gasteiger partial charge in [-0.3, -0.25) is 5.32 Å². The van der Waals surface area contributed by atoms with Crippen LogP contribution in [0.15, 0.2) is 23.8 Å². The Hall–Kier alpha value is -0.600. The number of rotatable bonds is 3. The van der Waals surface area contributed by atoms with E-state index in [1.807, 2.05) is 0 Å². The number of allylic oxidation sites excluding steroid dienone is 2. The maximum atomic E-state index is 6.01. The third kappa shape index (κ3) is 2.20. The molecule has 2 atom stereocenters. The maximum absolute atomic E-state index is 6.01. The number of hydrogen-bond acceptors (Lipinski definition) is 2. The fourth-order valence-electron chi connectivity index (χ4n) is 1.90. The minimum absolute atomic E-state index is 0.116. The van der Waals surface area contributed by atoms with E-state index in [2.05, 4.69) is 23.5 Å². The molecule has 0 radical (unpaired) electrons. The van der Waals surface area contributed by atoms with Crippen molar-refractivity contribution in [3.63, 3.8) is 0 Å². The smallest absolute Gasteiger partial charge is 0.0771 e. The van der Waals surface area contributed by atoms with Crippen molar-refractivity contribution < 1.29 is 0 Å². The molecule has 0 aliphatic heterocycles. The molecule has 2 nitrogen and oxygen atoms in total. The van der Waals surface area contributed by atoms with Crippen LogP contribution in [0.2, 0.25) is 0 Å². The van der Waals surface area contributed by atoms with Gasteiger partial charge in [-0.05, 0) is 37.7 Å². The summed E-state index contributed by atoms with van der Waals surface area (Å²) in [5.74, 6) is 0. The highest BCUT2D eigenvalue weighted by Crippen LogP contribution is 2.20. The predicted octanol–water partition coefficient (Wildman–Crippen LogP) is 1.69. The standard InChI is InChI=1S/C11H18N2/c12-11(9-5-4-6-9)13-10-7-2-1-3-8-10/h1-2,5,10-11,13H,3-4,6-8,12H2. The molecule has 2 unspecified atom stereocenters. The van der Waals surface area contributed by atoms with Crippen molar-refractivity contribution in [1.82, 2.24) is 5.32 Å². The molecule has 72 valence electrons. The van der Waals surface area contributed by atoms with E-state index in [0.29, 0.717) is 6.04 Å². The first-order chi connectivity index (χ1) is 6.36. The van der Waals surface area contributed by atoms with Crippen molar-refractivity contribution in [2.75, 3.05) is 0 Å². The van der Waals surface area contributed by atoms with Crippen LogP contribution in [0.25, 0.3) is 0 Å². The van der Waals surface area contributed by atoms with E-state index in [9.17, 15) is 0 Å². The molecule has 13 heavy (non-hydrogen) atoms. The first-order valence-corrected chi connectivity index (χ1v) is 5.22. The summed E-state index contributed by atoms with van der Waals surface area (Å²) in [6.07, 6.45) is 12.9. The third-order valence-corrected chi connectivity index (χ3v) is 2.92. The Bertz CT molecular complexity index is 230. The third-order valence-electron chi connectivity index (χ3n) is 2.92. The molecule has 2 aliphatic carbocycles. The molecule has 0 saturated heterocycles. The fourth-order valence-corrected chi connectivity index (χ4v) is 1.90. The van der Waals surface area contributed by atoms with Crippen LogP contribution in [0, 0.1) is 0 Å². The Morgan fingerprint density at radius 2 is 2.23 bits per heavy atom. The topological polar surface area (TPSA) is 38.0 Å². The monoisotopic (exact) mass is 178 g/mol. The molecule has 0 spiro atoms. The van der Waals surface area contributed by atoms with Gasteiger partial charge in [0.15, 0.2) is 0 Å². The Balaban J connectivity index is 1.79. The molecule has 0 amide bonds. The van der Waals surface area contributed by atoms with Gasteiger partial charge >= 0.3 is 0 Å². The van der Waals surface area contributed by atoms with E-state index in [4.69, 9.17) is 5.73 Å². The minimum Gasteiger partial charge on any atom is -0.312 e. The van der Waals surface area contributed by atoms with Crippen LogP contribution < -0.4 is 11.1 Å². The molecule has 3 N–H and O–H groups in total. The van der Waals surface area contributed by atoms with E-state index in [0.717, 1.165) is 6.42 Å². The van der Waals surface area contributed by atoms with E-state index >= 15 is 0 Å². The lowest BCUT2D eigenvalue weighted by molar-refractivity contribution is 0.424. The Morgan fingerprint density at radius 1 is 1.38 bits per heavy atom. The van der Waals surface area contributed by atoms with Gasteiger partial charge in [0, 0.05) is 6.04 Å². The highest BCUT2D eigenvalue weighted by Gasteiger charge is 2.18. The van der Waals surface area contributed by atoms with Crippen molar-refractivity contribution in [2.45, 2.75) is 44.3 Å². The molecule has 0 aromatic heterocycles. The normalized spacial score (nSPS) is 29.3. The highest BCUT2D eigenvalue weighted by molar-refractivity contribution is 5.18. The molecule has 0 aromatic rings. The molecule has 0 fully saturated rings. The average Bonchev–Trinajstić information content (AvgIpc) is 2.02. The zero-order valence-corrected chi connectivity index (χ0v) is 8.00. The second kappa shape index (κ2) is 4.07. The summed E-state index contributed by atoms with van der Waals surface area (Å²) in [5, 5.41) is 3.48. The van der Waals surface area contributed by atoms with Gasteiger partial charge in [-0.1, -0.05) is 18.2 Å². The largest absolute Gasteiger partial charge is 0.312 e. The van der Waals surface area contributed by atoms with Crippen LogP contribution in [-0.2, 0) is 0 Å². The predicted molar refractivity (Wildman–Crippen MR) is 55.2 cm³/mol. The Labute approximate surface area is 79.9 Å². The lowest BCUT2D eigenvalue weighted by Crippen LogP contribution is -2.46. The van der Waals surface area contributed by atoms with Crippen molar-refractivity contribution >= 4 is 0 Å². The van der Waals surface area contributed by atoms with Crippen LogP contribution in [0.1, 0.15) is 32.1 Å². The fraction of sp³-hybridized carbons (Fsp3) is 0.636. The summed E-state index contributed by atoms with van der Waals surface area (Å²) < 4.78 is 0. The summed E-state index contributed by atoms with van der Waals surface area (Å²) >= 11 is 0. The molecule has 2 aliphatic rings. The van der Waals surface area contributed by atoms with Crippen molar-refractivity contribution in [3.05, 3.63) is 23.8 Å². The summed E-state index contributed by atoms with van der Waals surface area (Å²) in [5.41, 5.74) is 7.40. The zero-order valence-electron chi connectivity index (χ0n) is 8.00. The number of nitrogens with one attached hydrogen (secondary N) is 1. The summed E-state index contributed by atoms with van der Waals surface area (Å²) in [4.78, 5) is 0. The summed E-state index contributed by atoms with van der Waals surface area (Å²) in [6, 6.07) is 0.599. The van der Waals surface area contributed by atoms with E-state index in [1.54, 1.807) is 0 Å². The van der Waals surface area contributed by atoms with Crippen molar-refractivity contribution in [1.29, 1.82) is 0 Å². The van der Waals surface area contributed by atoms with Gasteiger partial charge in [-0.25, -0.2) is 0 Å². The van der Waals surface area contributed by atoms with E-state index in [-0.39, 0.29) is 6.17 Å². The molecular formula is C11H18N2. The molecular weight excluding hydrogens is 160 g/mol. The average molecular weight is 178 g/mol. The zero-order chi connectivity index (χ0) is 9.10.